The standard InChI is InChI=1S/C28H28FN5O/c1-32(19-21-10-4-2-5-11-21)20-26-30-31-27(34(26)24-14-6-3-7-15-24)28(35)33-17-9-16-25(33)22-12-8-13-23(29)18-22/h2-8,10-15,18,25H,9,16-17,19-20H2,1H3/t25-/m1/s1. The van der Waals surface area contributed by atoms with Crippen LogP contribution in [0.4, 0.5) is 4.39 Å². The van der Waals surface area contributed by atoms with Gasteiger partial charge in [-0.2, -0.15) is 0 Å². The number of nitrogens with zero attached hydrogens (tertiary/aromatic N) is 5. The van der Waals surface area contributed by atoms with Crippen molar-refractivity contribution in [3.8, 4) is 5.69 Å². The Labute approximate surface area is 204 Å². The zero-order valence-electron chi connectivity index (χ0n) is 19.7. The fourth-order valence-corrected chi connectivity index (χ4v) is 4.80. The van der Waals surface area contributed by atoms with Crippen LogP contribution in [0.5, 0.6) is 0 Å². The molecular weight excluding hydrogens is 441 g/mol. The van der Waals surface area contributed by atoms with E-state index in [4.69, 9.17) is 0 Å². The number of carbonyl (C=O) groups is 1. The number of amides is 1. The molecule has 178 valence electrons. The highest BCUT2D eigenvalue weighted by atomic mass is 19.1. The molecule has 0 bridgehead atoms. The Bertz CT molecular complexity index is 1290. The van der Waals surface area contributed by atoms with Crippen molar-refractivity contribution in [2.24, 2.45) is 0 Å². The Morgan fingerprint density at radius 3 is 2.46 bits per heavy atom. The van der Waals surface area contributed by atoms with Crippen molar-refractivity contribution in [2.45, 2.75) is 32.0 Å². The SMILES string of the molecule is CN(Cc1ccccc1)Cc1nnc(C(=O)N2CCC[C@@H]2c2cccc(F)c2)n1-c1ccccc1. The molecule has 1 aliphatic heterocycles. The molecule has 0 saturated carbocycles. The molecule has 0 unspecified atom stereocenters. The van der Waals surface area contributed by atoms with Gasteiger partial charge in [0.1, 0.15) is 5.82 Å². The lowest BCUT2D eigenvalue weighted by Gasteiger charge is -2.25. The number of halogens is 1. The summed E-state index contributed by atoms with van der Waals surface area (Å²) < 4.78 is 15.8. The zero-order valence-corrected chi connectivity index (χ0v) is 19.7. The van der Waals surface area contributed by atoms with Gasteiger partial charge in [0.25, 0.3) is 5.91 Å². The third kappa shape index (κ3) is 5.00. The average molecular weight is 470 g/mol. The van der Waals surface area contributed by atoms with Crippen molar-refractivity contribution < 1.29 is 9.18 Å². The minimum atomic E-state index is -0.294. The van der Waals surface area contributed by atoms with Crippen LogP contribution < -0.4 is 0 Å². The Kier molecular flexibility index (Phi) is 6.68. The van der Waals surface area contributed by atoms with Crippen LogP contribution in [0, 0.1) is 5.82 Å². The van der Waals surface area contributed by atoms with E-state index in [1.807, 2.05) is 66.2 Å². The molecule has 3 aromatic carbocycles. The molecule has 1 aromatic heterocycles. The van der Waals surface area contributed by atoms with Gasteiger partial charge in [-0.3, -0.25) is 14.3 Å². The number of carbonyl (C=O) groups excluding carboxylic acids is 1. The van der Waals surface area contributed by atoms with Gasteiger partial charge >= 0.3 is 0 Å². The second kappa shape index (κ2) is 10.2. The van der Waals surface area contributed by atoms with Crippen LogP contribution in [-0.2, 0) is 13.1 Å². The van der Waals surface area contributed by atoms with Crippen LogP contribution in [0.15, 0.2) is 84.9 Å². The first-order chi connectivity index (χ1) is 17.1. The topological polar surface area (TPSA) is 54.3 Å². The Balaban J connectivity index is 1.46. The normalized spacial score (nSPS) is 15.6. The summed E-state index contributed by atoms with van der Waals surface area (Å²) in [6.45, 7) is 1.88. The number of likely N-dealkylation sites (tertiary alicyclic amines) is 1. The van der Waals surface area contributed by atoms with Gasteiger partial charge in [0.2, 0.25) is 5.82 Å². The quantitative estimate of drug-likeness (QED) is 0.382. The first-order valence-electron chi connectivity index (χ1n) is 11.9. The van der Waals surface area contributed by atoms with Gasteiger partial charge in [-0.1, -0.05) is 60.7 Å². The summed E-state index contributed by atoms with van der Waals surface area (Å²) in [5.74, 6) is 0.491. The maximum absolute atomic E-state index is 13.9. The summed E-state index contributed by atoms with van der Waals surface area (Å²) in [7, 11) is 2.03. The molecule has 7 heteroatoms. The van der Waals surface area contributed by atoms with E-state index in [0.717, 1.165) is 30.6 Å². The lowest BCUT2D eigenvalue weighted by molar-refractivity contribution is 0.0720. The molecule has 1 aliphatic rings. The Morgan fingerprint density at radius 1 is 0.971 bits per heavy atom. The van der Waals surface area contributed by atoms with Crippen molar-refractivity contribution in [1.82, 2.24) is 24.6 Å². The molecule has 0 radical (unpaired) electrons. The second-order valence-electron chi connectivity index (χ2n) is 8.98. The first kappa shape index (κ1) is 22.9. The highest BCUT2D eigenvalue weighted by molar-refractivity contribution is 5.92. The summed E-state index contributed by atoms with van der Waals surface area (Å²) >= 11 is 0. The minimum absolute atomic E-state index is 0.177. The van der Waals surface area contributed by atoms with Crippen LogP contribution in [0.25, 0.3) is 5.69 Å². The van der Waals surface area contributed by atoms with Gasteiger partial charge in [-0.15, -0.1) is 10.2 Å². The fraction of sp³-hybridized carbons (Fsp3) is 0.250. The largest absolute Gasteiger partial charge is 0.329 e. The van der Waals surface area contributed by atoms with Gasteiger partial charge in [0.15, 0.2) is 5.82 Å². The fourth-order valence-electron chi connectivity index (χ4n) is 4.80. The van der Waals surface area contributed by atoms with Crippen LogP contribution in [0.3, 0.4) is 0 Å². The smallest absolute Gasteiger partial charge is 0.292 e. The summed E-state index contributed by atoms with van der Waals surface area (Å²) in [5, 5.41) is 8.81. The van der Waals surface area contributed by atoms with Crippen molar-refractivity contribution in [2.75, 3.05) is 13.6 Å². The maximum atomic E-state index is 13.9. The predicted molar refractivity (Wildman–Crippen MR) is 132 cm³/mol. The van der Waals surface area contributed by atoms with E-state index >= 15 is 0 Å². The van der Waals surface area contributed by atoms with E-state index in [9.17, 15) is 9.18 Å². The van der Waals surface area contributed by atoms with E-state index in [1.54, 1.807) is 11.0 Å². The van der Waals surface area contributed by atoms with Gasteiger partial charge < -0.3 is 4.90 Å². The molecule has 0 aliphatic carbocycles. The number of benzene rings is 3. The Morgan fingerprint density at radius 2 is 1.71 bits per heavy atom. The summed E-state index contributed by atoms with van der Waals surface area (Å²) in [6.07, 6.45) is 1.65. The van der Waals surface area contributed by atoms with Gasteiger partial charge in [0, 0.05) is 18.8 Å². The summed E-state index contributed by atoms with van der Waals surface area (Å²) in [6, 6.07) is 26.3. The number of para-hydroxylation sites is 1. The molecule has 1 amide bonds. The molecule has 0 spiro atoms. The van der Waals surface area contributed by atoms with Crippen molar-refractivity contribution in [3.63, 3.8) is 0 Å². The third-order valence-corrected chi connectivity index (χ3v) is 6.39. The monoisotopic (exact) mass is 469 g/mol. The predicted octanol–water partition coefficient (Wildman–Crippen LogP) is 5.02. The number of hydrogen-bond acceptors (Lipinski definition) is 4. The van der Waals surface area contributed by atoms with E-state index in [0.29, 0.717) is 18.9 Å². The molecule has 2 heterocycles. The summed E-state index contributed by atoms with van der Waals surface area (Å²) in [5.41, 5.74) is 2.85. The molecule has 35 heavy (non-hydrogen) atoms. The molecule has 1 saturated heterocycles. The lowest BCUT2D eigenvalue weighted by atomic mass is 10.0. The average Bonchev–Trinajstić information content (AvgIpc) is 3.52. The molecule has 0 N–H and O–H groups in total. The van der Waals surface area contributed by atoms with Crippen molar-refractivity contribution in [3.05, 3.63) is 114 Å². The molecule has 1 atom stereocenters. The van der Waals surface area contributed by atoms with E-state index in [2.05, 4.69) is 27.2 Å². The van der Waals surface area contributed by atoms with Crippen LogP contribution in [0.1, 0.15) is 46.5 Å². The Hall–Kier alpha value is -3.84. The highest BCUT2D eigenvalue weighted by Crippen LogP contribution is 2.33. The van der Waals surface area contributed by atoms with Gasteiger partial charge in [-0.25, -0.2) is 4.39 Å². The molecular formula is C28H28FN5O. The van der Waals surface area contributed by atoms with E-state index in [1.165, 1.54) is 17.7 Å². The number of hydrogen-bond donors (Lipinski definition) is 0. The first-order valence-corrected chi connectivity index (χ1v) is 11.9. The van der Waals surface area contributed by atoms with E-state index < -0.39 is 0 Å². The third-order valence-electron chi connectivity index (χ3n) is 6.39. The van der Waals surface area contributed by atoms with Crippen LogP contribution in [0.2, 0.25) is 0 Å². The van der Waals surface area contributed by atoms with Gasteiger partial charge in [-0.05, 0) is 55.3 Å². The molecule has 1 fully saturated rings. The lowest BCUT2D eigenvalue weighted by Crippen LogP contribution is -2.33. The number of aromatic nitrogens is 3. The maximum Gasteiger partial charge on any atom is 0.292 e. The molecule has 5 rings (SSSR count). The number of rotatable bonds is 7. The van der Waals surface area contributed by atoms with E-state index in [-0.39, 0.29) is 23.6 Å². The van der Waals surface area contributed by atoms with Crippen molar-refractivity contribution >= 4 is 5.91 Å². The van der Waals surface area contributed by atoms with Crippen molar-refractivity contribution in [1.29, 1.82) is 0 Å². The second-order valence-corrected chi connectivity index (χ2v) is 8.98. The molecule has 4 aromatic rings. The van der Waals surface area contributed by atoms with Crippen LogP contribution in [-0.4, -0.2) is 44.1 Å². The van der Waals surface area contributed by atoms with Crippen LogP contribution >= 0.6 is 0 Å². The summed E-state index contributed by atoms with van der Waals surface area (Å²) in [4.78, 5) is 17.7. The highest BCUT2D eigenvalue weighted by Gasteiger charge is 2.34. The van der Waals surface area contributed by atoms with Gasteiger partial charge in [0.05, 0.1) is 12.6 Å². The zero-order chi connectivity index (χ0) is 24.2. The minimum Gasteiger partial charge on any atom is -0.329 e. The molecule has 6 nitrogen and oxygen atoms in total.